The van der Waals surface area contributed by atoms with Gasteiger partial charge in [0.25, 0.3) is 0 Å². The van der Waals surface area contributed by atoms with Crippen LogP contribution in [0.2, 0.25) is 0 Å². The Labute approximate surface area is 90.5 Å². The first-order valence-corrected chi connectivity index (χ1v) is 6.53. The average molecular weight is 209 g/mol. The highest BCUT2D eigenvalue weighted by Crippen LogP contribution is 2.23. The number of rotatable bonds is 3. The first kappa shape index (κ1) is 10.2. The molecule has 1 aliphatic rings. The van der Waals surface area contributed by atoms with Crippen molar-refractivity contribution in [3.63, 3.8) is 0 Å². The zero-order valence-corrected chi connectivity index (χ0v) is 9.65. The topological polar surface area (TPSA) is 12.0 Å². The molecule has 0 bridgehead atoms. The molecule has 0 aliphatic heterocycles. The zero-order chi connectivity index (χ0) is 9.80. The Morgan fingerprint density at radius 2 is 2.43 bits per heavy atom. The van der Waals surface area contributed by atoms with Crippen LogP contribution in [0.15, 0.2) is 16.8 Å². The molecule has 14 heavy (non-hydrogen) atoms. The van der Waals surface area contributed by atoms with Gasteiger partial charge in [0.1, 0.15) is 0 Å². The number of thiophene rings is 1. The first-order valence-electron chi connectivity index (χ1n) is 5.59. The van der Waals surface area contributed by atoms with E-state index in [1.165, 1.54) is 31.2 Å². The summed E-state index contributed by atoms with van der Waals surface area (Å²) in [4.78, 5) is 0. The molecule has 2 atom stereocenters. The van der Waals surface area contributed by atoms with Gasteiger partial charge in [0.2, 0.25) is 0 Å². The van der Waals surface area contributed by atoms with E-state index < -0.39 is 0 Å². The number of hydrogen-bond donors (Lipinski definition) is 1. The van der Waals surface area contributed by atoms with Crippen molar-refractivity contribution in [1.82, 2.24) is 5.32 Å². The molecule has 2 unspecified atom stereocenters. The molecule has 78 valence electrons. The van der Waals surface area contributed by atoms with Crippen molar-refractivity contribution >= 4 is 11.3 Å². The van der Waals surface area contributed by atoms with Crippen molar-refractivity contribution in [2.45, 2.75) is 45.2 Å². The van der Waals surface area contributed by atoms with Gasteiger partial charge in [-0.1, -0.05) is 19.8 Å². The van der Waals surface area contributed by atoms with Crippen molar-refractivity contribution in [3.05, 3.63) is 22.4 Å². The Morgan fingerprint density at radius 1 is 1.50 bits per heavy atom. The third kappa shape index (κ3) is 2.82. The summed E-state index contributed by atoms with van der Waals surface area (Å²) in [6, 6.07) is 2.97. The predicted octanol–water partition coefficient (Wildman–Crippen LogP) is 3.42. The largest absolute Gasteiger partial charge is 0.310 e. The lowest BCUT2D eigenvalue weighted by Crippen LogP contribution is -2.32. The summed E-state index contributed by atoms with van der Waals surface area (Å²) in [6.45, 7) is 3.43. The predicted molar refractivity (Wildman–Crippen MR) is 62.6 cm³/mol. The molecular weight excluding hydrogens is 190 g/mol. The van der Waals surface area contributed by atoms with Gasteiger partial charge in [-0.2, -0.15) is 11.3 Å². The molecule has 1 fully saturated rings. The molecule has 1 aromatic rings. The summed E-state index contributed by atoms with van der Waals surface area (Å²) in [7, 11) is 0. The molecule has 0 saturated heterocycles. The van der Waals surface area contributed by atoms with Gasteiger partial charge in [0.05, 0.1) is 0 Å². The maximum absolute atomic E-state index is 3.66. The minimum absolute atomic E-state index is 0.763. The van der Waals surface area contributed by atoms with Gasteiger partial charge < -0.3 is 5.32 Å². The lowest BCUT2D eigenvalue weighted by molar-refractivity contribution is 0.300. The standard InChI is InChI=1S/C12H19NS/c1-10-3-2-4-12(7-10)13-8-11-5-6-14-9-11/h5-6,9-10,12-13H,2-4,7-8H2,1H3. The number of nitrogens with one attached hydrogen (secondary N) is 1. The molecule has 0 aromatic carbocycles. The van der Waals surface area contributed by atoms with E-state index >= 15 is 0 Å². The highest BCUT2D eigenvalue weighted by Gasteiger charge is 2.17. The fourth-order valence-corrected chi connectivity index (χ4v) is 2.94. The molecule has 1 heterocycles. The summed E-state index contributed by atoms with van der Waals surface area (Å²) >= 11 is 1.79. The Kier molecular flexibility index (Phi) is 3.60. The maximum Gasteiger partial charge on any atom is 0.0216 e. The Hall–Kier alpha value is -0.340. The highest BCUT2D eigenvalue weighted by atomic mass is 32.1. The maximum atomic E-state index is 3.66. The Balaban J connectivity index is 1.75. The lowest BCUT2D eigenvalue weighted by atomic mass is 9.87. The summed E-state index contributed by atoms with van der Waals surface area (Å²) in [6.07, 6.45) is 5.57. The molecule has 1 saturated carbocycles. The second kappa shape index (κ2) is 4.94. The third-order valence-electron chi connectivity index (χ3n) is 3.11. The van der Waals surface area contributed by atoms with E-state index in [1.807, 2.05) is 0 Å². The van der Waals surface area contributed by atoms with E-state index in [1.54, 1.807) is 11.3 Å². The van der Waals surface area contributed by atoms with Crippen molar-refractivity contribution in [2.75, 3.05) is 0 Å². The molecule has 1 N–H and O–H groups in total. The summed E-state index contributed by atoms with van der Waals surface area (Å²) in [5.41, 5.74) is 1.44. The molecular formula is C12H19NS. The van der Waals surface area contributed by atoms with Crippen LogP contribution in [0, 0.1) is 5.92 Å². The Bertz CT molecular complexity index is 255. The van der Waals surface area contributed by atoms with Gasteiger partial charge >= 0.3 is 0 Å². The summed E-state index contributed by atoms with van der Waals surface area (Å²) in [5, 5.41) is 8.05. The van der Waals surface area contributed by atoms with Gasteiger partial charge in [-0.15, -0.1) is 0 Å². The molecule has 2 heteroatoms. The van der Waals surface area contributed by atoms with E-state index in [4.69, 9.17) is 0 Å². The van der Waals surface area contributed by atoms with E-state index in [9.17, 15) is 0 Å². The Morgan fingerprint density at radius 3 is 3.14 bits per heavy atom. The van der Waals surface area contributed by atoms with Crippen LogP contribution in [0.3, 0.4) is 0 Å². The van der Waals surface area contributed by atoms with Crippen LogP contribution >= 0.6 is 11.3 Å². The first-order chi connectivity index (χ1) is 6.84. The minimum Gasteiger partial charge on any atom is -0.310 e. The summed E-state index contributed by atoms with van der Waals surface area (Å²) < 4.78 is 0. The normalized spacial score (nSPS) is 27.8. The molecule has 1 aliphatic carbocycles. The van der Waals surface area contributed by atoms with Crippen LogP contribution in [0.4, 0.5) is 0 Å². The minimum atomic E-state index is 0.763. The van der Waals surface area contributed by atoms with Crippen LogP contribution in [-0.2, 0) is 6.54 Å². The second-order valence-electron chi connectivity index (χ2n) is 4.48. The summed E-state index contributed by atoms with van der Waals surface area (Å²) in [5.74, 6) is 0.920. The van der Waals surface area contributed by atoms with E-state index in [0.29, 0.717) is 0 Å². The van der Waals surface area contributed by atoms with E-state index in [-0.39, 0.29) is 0 Å². The van der Waals surface area contributed by atoms with E-state index in [2.05, 4.69) is 29.1 Å². The van der Waals surface area contributed by atoms with Gasteiger partial charge in [-0.3, -0.25) is 0 Å². The van der Waals surface area contributed by atoms with Crippen molar-refractivity contribution in [1.29, 1.82) is 0 Å². The van der Waals surface area contributed by atoms with E-state index in [0.717, 1.165) is 18.5 Å². The van der Waals surface area contributed by atoms with Gasteiger partial charge in [-0.25, -0.2) is 0 Å². The fourth-order valence-electron chi connectivity index (χ4n) is 2.27. The third-order valence-corrected chi connectivity index (χ3v) is 3.84. The van der Waals surface area contributed by atoms with Crippen LogP contribution in [-0.4, -0.2) is 6.04 Å². The van der Waals surface area contributed by atoms with Crippen LogP contribution in [0.25, 0.3) is 0 Å². The smallest absolute Gasteiger partial charge is 0.0216 e. The van der Waals surface area contributed by atoms with Gasteiger partial charge in [0, 0.05) is 12.6 Å². The monoisotopic (exact) mass is 209 g/mol. The van der Waals surface area contributed by atoms with Crippen molar-refractivity contribution in [3.8, 4) is 0 Å². The molecule has 0 spiro atoms. The molecule has 0 radical (unpaired) electrons. The van der Waals surface area contributed by atoms with Gasteiger partial charge in [0.15, 0.2) is 0 Å². The van der Waals surface area contributed by atoms with Crippen molar-refractivity contribution in [2.24, 2.45) is 5.92 Å². The molecule has 2 rings (SSSR count). The quantitative estimate of drug-likeness (QED) is 0.804. The molecule has 1 nitrogen and oxygen atoms in total. The lowest BCUT2D eigenvalue weighted by Gasteiger charge is -2.27. The fraction of sp³-hybridized carbons (Fsp3) is 0.667. The van der Waals surface area contributed by atoms with Crippen LogP contribution in [0.5, 0.6) is 0 Å². The van der Waals surface area contributed by atoms with Crippen LogP contribution < -0.4 is 5.32 Å². The SMILES string of the molecule is CC1CCCC(NCc2ccsc2)C1. The average Bonchev–Trinajstić information content (AvgIpc) is 2.67. The highest BCUT2D eigenvalue weighted by molar-refractivity contribution is 7.07. The molecule has 1 aromatic heterocycles. The molecule has 0 amide bonds. The van der Waals surface area contributed by atoms with Gasteiger partial charge in [-0.05, 0) is 41.1 Å². The van der Waals surface area contributed by atoms with Crippen molar-refractivity contribution < 1.29 is 0 Å². The number of hydrogen-bond acceptors (Lipinski definition) is 2. The zero-order valence-electron chi connectivity index (χ0n) is 8.83. The van der Waals surface area contributed by atoms with Crippen LogP contribution in [0.1, 0.15) is 38.2 Å². The second-order valence-corrected chi connectivity index (χ2v) is 5.26.